The third-order valence-corrected chi connectivity index (χ3v) is 4.22. The van der Waals surface area contributed by atoms with E-state index < -0.39 is 6.10 Å². The van der Waals surface area contributed by atoms with Crippen molar-refractivity contribution in [2.45, 2.75) is 33.4 Å². The molecule has 0 saturated heterocycles. The van der Waals surface area contributed by atoms with Gasteiger partial charge in [0.25, 0.3) is 5.91 Å². The third-order valence-electron chi connectivity index (χ3n) is 3.63. The van der Waals surface area contributed by atoms with E-state index in [0.717, 1.165) is 11.1 Å². The molecule has 122 valence electrons. The molecule has 0 heterocycles. The van der Waals surface area contributed by atoms with Crippen molar-refractivity contribution in [3.8, 4) is 5.75 Å². The monoisotopic (exact) mass is 351 g/mol. The summed E-state index contributed by atoms with van der Waals surface area (Å²) in [6.07, 6.45) is -0.594. The zero-order valence-electron chi connectivity index (χ0n) is 13.3. The Kier molecular flexibility index (Phi) is 5.91. The summed E-state index contributed by atoms with van der Waals surface area (Å²) in [5.41, 5.74) is 3.12. The van der Waals surface area contributed by atoms with Crippen LogP contribution in [0.15, 0.2) is 36.4 Å². The van der Waals surface area contributed by atoms with Gasteiger partial charge in [0, 0.05) is 16.6 Å². The summed E-state index contributed by atoms with van der Waals surface area (Å²) >= 11 is 11.9. The molecule has 5 heteroatoms. The number of benzene rings is 2. The largest absolute Gasteiger partial charge is 0.481 e. The fourth-order valence-electron chi connectivity index (χ4n) is 2.04. The number of hydrogen-bond donors (Lipinski definition) is 1. The van der Waals surface area contributed by atoms with Crippen molar-refractivity contribution >= 4 is 29.1 Å². The van der Waals surface area contributed by atoms with Crippen molar-refractivity contribution in [1.82, 2.24) is 5.32 Å². The molecule has 1 amide bonds. The fourth-order valence-corrected chi connectivity index (χ4v) is 2.51. The summed E-state index contributed by atoms with van der Waals surface area (Å²) < 4.78 is 5.68. The molecular formula is C18H19Cl2NO2. The molecule has 0 unspecified atom stereocenters. The van der Waals surface area contributed by atoms with Gasteiger partial charge < -0.3 is 10.1 Å². The normalized spacial score (nSPS) is 11.9. The van der Waals surface area contributed by atoms with Crippen molar-refractivity contribution in [1.29, 1.82) is 0 Å². The molecule has 0 aliphatic rings. The van der Waals surface area contributed by atoms with E-state index in [1.807, 2.05) is 32.0 Å². The molecule has 1 atom stereocenters. The van der Waals surface area contributed by atoms with E-state index in [0.29, 0.717) is 22.3 Å². The number of halogens is 2. The van der Waals surface area contributed by atoms with E-state index in [-0.39, 0.29) is 5.91 Å². The topological polar surface area (TPSA) is 38.3 Å². The van der Waals surface area contributed by atoms with Crippen molar-refractivity contribution in [2.75, 3.05) is 0 Å². The molecule has 0 aliphatic carbocycles. The molecule has 2 aromatic rings. The van der Waals surface area contributed by atoms with Crippen LogP contribution in [-0.2, 0) is 11.3 Å². The average Bonchev–Trinajstić information content (AvgIpc) is 2.49. The Morgan fingerprint density at radius 2 is 1.87 bits per heavy atom. The Bertz CT molecular complexity index is 716. The van der Waals surface area contributed by atoms with Crippen molar-refractivity contribution in [2.24, 2.45) is 0 Å². The lowest BCUT2D eigenvalue weighted by Gasteiger charge is -2.16. The molecular weight excluding hydrogens is 333 g/mol. The van der Waals surface area contributed by atoms with Crippen LogP contribution in [0.2, 0.25) is 10.0 Å². The SMILES string of the molecule is Cc1ccc(O[C@H](C)C(=O)NCc2ccc(Cl)cc2Cl)cc1C. The van der Waals surface area contributed by atoms with Gasteiger partial charge in [0.2, 0.25) is 0 Å². The summed E-state index contributed by atoms with van der Waals surface area (Å²) in [5, 5.41) is 3.91. The second-order valence-corrected chi connectivity index (χ2v) is 6.30. The van der Waals surface area contributed by atoms with Crippen LogP contribution in [0, 0.1) is 13.8 Å². The summed E-state index contributed by atoms with van der Waals surface area (Å²) in [4.78, 5) is 12.1. The van der Waals surface area contributed by atoms with Gasteiger partial charge in [-0.3, -0.25) is 4.79 Å². The number of carbonyl (C=O) groups excluding carboxylic acids is 1. The second kappa shape index (κ2) is 7.71. The standard InChI is InChI=1S/C18H19Cl2NO2/c1-11-4-7-16(8-12(11)2)23-13(3)18(22)21-10-14-5-6-15(19)9-17(14)20/h4-9,13H,10H2,1-3H3,(H,21,22)/t13-/m1/s1. The van der Waals surface area contributed by atoms with Gasteiger partial charge in [0.1, 0.15) is 5.75 Å². The zero-order valence-corrected chi connectivity index (χ0v) is 14.8. The summed E-state index contributed by atoms with van der Waals surface area (Å²) in [7, 11) is 0. The Hall–Kier alpha value is -1.71. The number of aryl methyl sites for hydroxylation is 2. The first-order valence-corrected chi connectivity index (χ1v) is 8.08. The molecule has 0 radical (unpaired) electrons. The van der Waals surface area contributed by atoms with Gasteiger partial charge in [0.05, 0.1) is 0 Å². The molecule has 0 saturated carbocycles. The molecule has 0 fully saturated rings. The number of amides is 1. The fraction of sp³-hybridized carbons (Fsp3) is 0.278. The predicted octanol–water partition coefficient (Wildman–Crippen LogP) is 4.69. The summed E-state index contributed by atoms with van der Waals surface area (Å²) in [6.45, 7) is 6.09. The van der Waals surface area contributed by atoms with Crippen LogP contribution >= 0.6 is 23.2 Å². The van der Waals surface area contributed by atoms with Crippen molar-refractivity contribution in [3.05, 3.63) is 63.1 Å². The van der Waals surface area contributed by atoms with E-state index in [2.05, 4.69) is 5.32 Å². The molecule has 1 N–H and O–H groups in total. The molecule has 23 heavy (non-hydrogen) atoms. The second-order valence-electron chi connectivity index (χ2n) is 5.46. The maximum Gasteiger partial charge on any atom is 0.261 e. The molecule has 2 aromatic carbocycles. The van der Waals surface area contributed by atoms with E-state index in [1.54, 1.807) is 25.1 Å². The maximum absolute atomic E-state index is 12.1. The van der Waals surface area contributed by atoms with Crippen LogP contribution in [0.5, 0.6) is 5.75 Å². The lowest BCUT2D eigenvalue weighted by atomic mass is 10.1. The lowest BCUT2D eigenvalue weighted by Crippen LogP contribution is -2.36. The minimum Gasteiger partial charge on any atom is -0.481 e. The summed E-state index contributed by atoms with van der Waals surface area (Å²) in [6, 6.07) is 10.9. The van der Waals surface area contributed by atoms with E-state index >= 15 is 0 Å². The van der Waals surface area contributed by atoms with Crippen LogP contribution in [0.4, 0.5) is 0 Å². The van der Waals surface area contributed by atoms with Gasteiger partial charge in [-0.2, -0.15) is 0 Å². The van der Waals surface area contributed by atoms with Crippen LogP contribution in [0.1, 0.15) is 23.6 Å². The predicted molar refractivity (Wildman–Crippen MR) is 94.3 cm³/mol. The van der Waals surface area contributed by atoms with Crippen molar-refractivity contribution < 1.29 is 9.53 Å². The number of rotatable bonds is 5. The van der Waals surface area contributed by atoms with Crippen LogP contribution in [-0.4, -0.2) is 12.0 Å². The van der Waals surface area contributed by atoms with Crippen LogP contribution in [0.25, 0.3) is 0 Å². The van der Waals surface area contributed by atoms with Gasteiger partial charge in [-0.15, -0.1) is 0 Å². The molecule has 2 rings (SSSR count). The Labute approximate surface area is 146 Å². The molecule has 0 bridgehead atoms. The first-order chi connectivity index (χ1) is 10.9. The van der Waals surface area contributed by atoms with Gasteiger partial charge in [-0.1, -0.05) is 35.3 Å². The number of nitrogens with one attached hydrogen (secondary N) is 1. The van der Waals surface area contributed by atoms with Gasteiger partial charge in [-0.25, -0.2) is 0 Å². The smallest absolute Gasteiger partial charge is 0.261 e. The Balaban J connectivity index is 1.93. The Morgan fingerprint density at radius 1 is 1.13 bits per heavy atom. The van der Waals surface area contributed by atoms with Gasteiger partial charge >= 0.3 is 0 Å². The lowest BCUT2D eigenvalue weighted by molar-refractivity contribution is -0.127. The quantitative estimate of drug-likeness (QED) is 0.848. The molecule has 3 nitrogen and oxygen atoms in total. The van der Waals surface area contributed by atoms with E-state index in [4.69, 9.17) is 27.9 Å². The summed E-state index contributed by atoms with van der Waals surface area (Å²) in [5.74, 6) is 0.481. The minimum atomic E-state index is -0.594. The van der Waals surface area contributed by atoms with Crippen LogP contribution < -0.4 is 10.1 Å². The first kappa shape index (κ1) is 17.6. The Morgan fingerprint density at radius 3 is 2.52 bits per heavy atom. The third kappa shape index (κ3) is 4.88. The highest BCUT2D eigenvalue weighted by atomic mass is 35.5. The highest BCUT2D eigenvalue weighted by Gasteiger charge is 2.15. The maximum atomic E-state index is 12.1. The zero-order chi connectivity index (χ0) is 17.0. The van der Waals surface area contributed by atoms with E-state index in [1.165, 1.54) is 5.56 Å². The molecule has 0 aliphatic heterocycles. The first-order valence-electron chi connectivity index (χ1n) is 7.32. The molecule has 0 spiro atoms. The van der Waals surface area contributed by atoms with Gasteiger partial charge in [0.15, 0.2) is 6.10 Å². The van der Waals surface area contributed by atoms with Crippen molar-refractivity contribution in [3.63, 3.8) is 0 Å². The van der Waals surface area contributed by atoms with E-state index in [9.17, 15) is 4.79 Å². The van der Waals surface area contributed by atoms with Gasteiger partial charge in [-0.05, 0) is 61.7 Å². The molecule has 0 aromatic heterocycles. The minimum absolute atomic E-state index is 0.200. The number of ether oxygens (including phenoxy) is 1. The number of carbonyl (C=O) groups is 1. The highest BCUT2D eigenvalue weighted by Crippen LogP contribution is 2.21. The number of hydrogen-bond acceptors (Lipinski definition) is 2. The average molecular weight is 352 g/mol. The highest BCUT2D eigenvalue weighted by molar-refractivity contribution is 6.35. The van der Waals surface area contributed by atoms with Crippen LogP contribution in [0.3, 0.4) is 0 Å².